The number of hydrogen-bond acceptors (Lipinski definition) is 3. The Labute approximate surface area is 99.7 Å². The number of aldehydes is 1. The maximum absolute atomic E-state index is 10.7. The third-order valence-corrected chi connectivity index (χ3v) is 3.51. The molecular weight excluding hydrogens is 214 g/mol. The summed E-state index contributed by atoms with van der Waals surface area (Å²) in [5.74, 6) is 0. The van der Waals surface area contributed by atoms with Gasteiger partial charge in [-0.05, 0) is 18.9 Å². The molecule has 0 bridgehead atoms. The molecule has 0 atom stereocenters. The van der Waals surface area contributed by atoms with Crippen molar-refractivity contribution in [3.8, 4) is 0 Å². The second-order valence-corrected chi connectivity index (χ2v) is 4.68. The number of hydrogen-bond donors (Lipinski definition) is 0. The zero-order valence-electron chi connectivity index (χ0n) is 9.67. The largest absolute Gasteiger partial charge is 0.298 e. The van der Waals surface area contributed by atoms with Crippen LogP contribution in [0.1, 0.15) is 48.5 Å². The van der Waals surface area contributed by atoms with E-state index in [1.54, 1.807) is 6.20 Å². The van der Waals surface area contributed by atoms with Gasteiger partial charge in [0.15, 0.2) is 11.9 Å². The predicted molar refractivity (Wildman–Crippen MR) is 65.0 cm³/mol. The molecule has 4 nitrogen and oxygen atoms in total. The van der Waals surface area contributed by atoms with Gasteiger partial charge in [-0.3, -0.25) is 4.79 Å². The van der Waals surface area contributed by atoms with Gasteiger partial charge in [-0.2, -0.15) is 5.10 Å². The van der Waals surface area contributed by atoms with Crippen LogP contribution >= 0.6 is 0 Å². The lowest BCUT2D eigenvalue weighted by atomic mass is 9.96. The fraction of sp³-hybridized carbons (Fsp3) is 0.462. The number of fused-ring (bicyclic) bond motifs is 1. The Hall–Kier alpha value is -1.71. The van der Waals surface area contributed by atoms with E-state index >= 15 is 0 Å². The highest BCUT2D eigenvalue weighted by Crippen LogP contribution is 2.29. The molecule has 17 heavy (non-hydrogen) atoms. The van der Waals surface area contributed by atoms with Gasteiger partial charge >= 0.3 is 0 Å². The molecule has 4 heteroatoms. The van der Waals surface area contributed by atoms with Crippen molar-refractivity contribution in [2.24, 2.45) is 0 Å². The first-order valence-electron chi connectivity index (χ1n) is 6.17. The van der Waals surface area contributed by atoms with Crippen LogP contribution in [-0.2, 0) is 0 Å². The zero-order valence-corrected chi connectivity index (χ0v) is 9.67. The minimum Gasteiger partial charge on any atom is -0.298 e. The number of nitrogens with zero attached hydrogens (tertiary/aromatic N) is 3. The van der Waals surface area contributed by atoms with E-state index in [2.05, 4.69) is 10.1 Å². The van der Waals surface area contributed by atoms with Crippen molar-refractivity contribution in [2.45, 2.75) is 38.1 Å². The molecular formula is C13H15N3O. The van der Waals surface area contributed by atoms with Crippen LogP contribution in [0, 0.1) is 0 Å². The third-order valence-electron chi connectivity index (χ3n) is 3.51. The second-order valence-electron chi connectivity index (χ2n) is 4.68. The molecule has 0 spiro atoms. The number of rotatable bonds is 2. The summed E-state index contributed by atoms with van der Waals surface area (Å²) in [5.41, 5.74) is 1.52. The average molecular weight is 229 g/mol. The quantitative estimate of drug-likeness (QED) is 0.744. The predicted octanol–water partition coefficient (Wildman–Crippen LogP) is 2.75. The molecule has 2 aromatic rings. The van der Waals surface area contributed by atoms with Crippen molar-refractivity contribution in [1.82, 2.24) is 14.8 Å². The topological polar surface area (TPSA) is 47.8 Å². The minimum atomic E-state index is 0.482. The highest BCUT2D eigenvalue weighted by molar-refractivity contribution is 5.83. The Morgan fingerprint density at radius 2 is 2.06 bits per heavy atom. The molecule has 1 aliphatic rings. The van der Waals surface area contributed by atoms with Crippen molar-refractivity contribution in [3.05, 3.63) is 24.0 Å². The summed E-state index contributed by atoms with van der Waals surface area (Å²) in [6.07, 6.45) is 10.5. The van der Waals surface area contributed by atoms with Crippen LogP contribution in [0.15, 0.2) is 18.5 Å². The van der Waals surface area contributed by atoms with Gasteiger partial charge in [0.1, 0.15) is 0 Å². The molecule has 1 fully saturated rings. The van der Waals surface area contributed by atoms with Gasteiger partial charge < -0.3 is 0 Å². The SMILES string of the molecule is O=Cc1cnc2c(cnn2C2CCCCC2)c1. The van der Waals surface area contributed by atoms with Crippen LogP contribution in [0.5, 0.6) is 0 Å². The molecule has 3 rings (SSSR count). The molecule has 0 aromatic carbocycles. The molecule has 0 radical (unpaired) electrons. The summed E-state index contributed by atoms with van der Waals surface area (Å²) in [5, 5.41) is 5.39. The molecule has 0 aliphatic heterocycles. The van der Waals surface area contributed by atoms with Crippen LogP contribution in [0.25, 0.3) is 11.0 Å². The van der Waals surface area contributed by atoms with Gasteiger partial charge in [0.05, 0.1) is 12.2 Å². The van der Waals surface area contributed by atoms with Crippen LogP contribution in [0.3, 0.4) is 0 Å². The van der Waals surface area contributed by atoms with Crippen LogP contribution < -0.4 is 0 Å². The Morgan fingerprint density at radius 1 is 1.24 bits per heavy atom. The second kappa shape index (κ2) is 4.28. The number of carbonyl (C=O) groups excluding carboxylic acids is 1. The number of aromatic nitrogens is 3. The highest BCUT2D eigenvalue weighted by atomic mass is 16.1. The maximum Gasteiger partial charge on any atom is 0.158 e. The van der Waals surface area contributed by atoms with Crippen LogP contribution in [0.4, 0.5) is 0 Å². The van der Waals surface area contributed by atoms with Gasteiger partial charge in [0.2, 0.25) is 0 Å². The Kier molecular flexibility index (Phi) is 2.63. The van der Waals surface area contributed by atoms with E-state index in [-0.39, 0.29) is 0 Å². The summed E-state index contributed by atoms with van der Waals surface area (Å²) >= 11 is 0. The molecule has 2 heterocycles. The molecule has 1 aliphatic carbocycles. The molecule has 2 aromatic heterocycles. The zero-order chi connectivity index (χ0) is 11.7. The van der Waals surface area contributed by atoms with Crippen molar-refractivity contribution in [3.63, 3.8) is 0 Å². The van der Waals surface area contributed by atoms with E-state index in [0.29, 0.717) is 11.6 Å². The summed E-state index contributed by atoms with van der Waals surface area (Å²) in [6.45, 7) is 0. The van der Waals surface area contributed by atoms with Crippen molar-refractivity contribution >= 4 is 17.3 Å². The van der Waals surface area contributed by atoms with Gasteiger partial charge in [0.25, 0.3) is 0 Å². The van der Waals surface area contributed by atoms with E-state index in [4.69, 9.17) is 0 Å². The summed E-state index contributed by atoms with van der Waals surface area (Å²) in [6, 6.07) is 2.33. The summed E-state index contributed by atoms with van der Waals surface area (Å²) in [7, 11) is 0. The van der Waals surface area contributed by atoms with Crippen LogP contribution in [0.2, 0.25) is 0 Å². The lowest BCUT2D eigenvalue weighted by Crippen LogP contribution is -2.14. The molecule has 0 amide bonds. The standard InChI is InChI=1S/C13H15N3O/c17-9-10-6-11-8-15-16(13(11)14-7-10)12-4-2-1-3-5-12/h6-9,12H,1-5H2. The molecule has 0 saturated heterocycles. The highest BCUT2D eigenvalue weighted by Gasteiger charge is 2.18. The van der Waals surface area contributed by atoms with Crippen molar-refractivity contribution < 1.29 is 4.79 Å². The van der Waals surface area contributed by atoms with Gasteiger partial charge in [-0.1, -0.05) is 19.3 Å². The maximum atomic E-state index is 10.7. The van der Waals surface area contributed by atoms with E-state index in [9.17, 15) is 4.79 Å². The first-order chi connectivity index (χ1) is 8.38. The summed E-state index contributed by atoms with van der Waals surface area (Å²) in [4.78, 5) is 15.0. The summed E-state index contributed by atoms with van der Waals surface area (Å²) < 4.78 is 2.03. The van der Waals surface area contributed by atoms with Gasteiger partial charge in [-0.15, -0.1) is 0 Å². The lowest BCUT2D eigenvalue weighted by molar-refractivity contribution is 0.112. The fourth-order valence-electron chi connectivity index (χ4n) is 2.61. The number of carbonyl (C=O) groups is 1. The van der Waals surface area contributed by atoms with Crippen LogP contribution in [-0.4, -0.2) is 21.1 Å². The molecule has 88 valence electrons. The Morgan fingerprint density at radius 3 is 2.82 bits per heavy atom. The van der Waals surface area contributed by atoms with E-state index < -0.39 is 0 Å². The lowest BCUT2D eigenvalue weighted by Gasteiger charge is -2.22. The Bertz CT molecular complexity index is 541. The third kappa shape index (κ3) is 1.84. The Balaban J connectivity index is 2.02. The number of pyridine rings is 1. The van der Waals surface area contributed by atoms with E-state index in [1.807, 2.05) is 16.9 Å². The van der Waals surface area contributed by atoms with Gasteiger partial charge in [0, 0.05) is 17.1 Å². The average Bonchev–Trinajstić information content (AvgIpc) is 2.82. The molecule has 0 unspecified atom stereocenters. The van der Waals surface area contributed by atoms with E-state index in [1.165, 1.54) is 32.1 Å². The first-order valence-corrected chi connectivity index (χ1v) is 6.17. The molecule has 1 saturated carbocycles. The fourth-order valence-corrected chi connectivity index (χ4v) is 2.61. The normalized spacial score (nSPS) is 17.4. The minimum absolute atomic E-state index is 0.482. The van der Waals surface area contributed by atoms with Crippen molar-refractivity contribution in [1.29, 1.82) is 0 Å². The monoisotopic (exact) mass is 229 g/mol. The van der Waals surface area contributed by atoms with Gasteiger partial charge in [-0.25, -0.2) is 9.67 Å². The van der Waals surface area contributed by atoms with E-state index in [0.717, 1.165) is 17.3 Å². The first kappa shape index (κ1) is 10.4. The molecule has 0 N–H and O–H groups in total. The smallest absolute Gasteiger partial charge is 0.158 e. The van der Waals surface area contributed by atoms with Crippen molar-refractivity contribution in [2.75, 3.05) is 0 Å².